The quantitative estimate of drug-likeness (QED) is 0.354. The molecular weight excluding hydrogens is 240 g/mol. The summed E-state index contributed by atoms with van der Waals surface area (Å²) in [7, 11) is -5.28. The van der Waals surface area contributed by atoms with Gasteiger partial charge in [-0.1, -0.05) is 0 Å². The lowest BCUT2D eigenvalue weighted by atomic mass is 10.2. The predicted molar refractivity (Wildman–Crippen MR) is 40.8 cm³/mol. The van der Waals surface area contributed by atoms with E-state index in [1.54, 1.807) is 0 Å². The summed E-state index contributed by atoms with van der Waals surface area (Å²) in [5.74, 6) is -8.12. The van der Waals surface area contributed by atoms with Crippen molar-refractivity contribution in [1.82, 2.24) is 0 Å². The molecule has 0 saturated heterocycles. The minimum absolute atomic E-state index is 0.710. The van der Waals surface area contributed by atoms with Gasteiger partial charge in [0.2, 0.25) is 0 Å². The summed E-state index contributed by atoms with van der Waals surface area (Å²) in [6, 6.07) is 0. The summed E-state index contributed by atoms with van der Waals surface area (Å²) in [5, 5.41) is 0. The predicted octanol–water partition coefficient (Wildman–Crippen LogP) is 1.80. The topological polar surface area (TPSA) is 54.4 Å². The highest BCUT2D eigenvalue weighted by Crippen LogP contribution is 2.26. The van der Waals surface area contributed by atoms with Crippen LogP contribution < -0.4 is 0 Å². The second-order valence-corrected chi connectivity index (χ2v) is 4.04. The molecule has 0 heterocycles. The van der Waals surface area contributed by atoms with Gasteiger partial charge in [0, 0.05) is 5.56 Å². The first-order valence-electron chi connectivity index (χ1n) is 3.48. The highest BCUT2D eigenvalue weighted by Gasteiger charge is 2.30. The van der Waals surface area contributed by atoms with Crippen molar-refractivity contribution >= 4 is 10.1 Å². The first-order valence-corrected chi connectivity index (χ1v) is 4.92. The fourth-order valence-corrected chi connectivity index (χ4v) is 1.65. The Hall–Kier alpha value is -1.15. The molecule has 0 spiro atoms. The van der Waals surface area contributed by atoms with E-state index < -0.39 is 43.8 Å². The molecule has 1 aromatic carbocycles. The van der Waals surface area contributed by atoms with Crippen LogP contribution in [0.1, 0.15) is 5.56 Å². The van der Waals surface area contributed by atoms with Gasteiger partial charge in [0.1, 0.15) is 0 Å². The van der Waals surface area contributed by atoms with Crippen LogP contribution >= 0.6 is 0 Å². The first-order chi connectivity index (χ1) is 6.68. The van der Waals surface area contributed by atoms with Gasteiger partial charge in [-0.15, -0.1) is 0 Å². The molecule has 3 nitrogen and oxygen atoms in total. The highest BCUT2D eigenvalue weighted by atomic mass is 32.2. The summed E-state index contributed by atoms with van der Waals surface area (Å²) in [4.78, 5) is -1.89. The number of hydrogen-bond acceptors (Lipinski definition) is 2. The molecule has 0 saturated carbocycles. The van der Waals surface area contributed by atoms with Crippen LogP contribution in [0.25, 0.3) is 0 Å². The smallest absolute Gasteiger partial charge is 0.282 e. The average molecular weight is 244 g/mol. The van der Waals surface area contributed by atoms with Crippen molar-refractivity contribution in [2.45, 2.75) is 11.8 Å². The van der Waals surface area contributed by atoms with Crippen LogP contribution in [0.2, 0.25) is 0 Å². The van der Waals surface area contributed by atoms with E-state index in [2.05, 4.69) is 0 Å². The summed E-state index contributed by atoms with van der Waals surface area (Å²) in [5.41, 5.74) is -1.03. The molecule has 0 aliphatic heterocycles. The summed E-state index contributed by atoms with van der Waals surface area (Å²) < 4.78 is 80.5. The fraction of sp³-hybridized carbons (Fsp3) is 0.143. The Balaban J connectivity index is 3.84. The Morgan fingerprint density at radius 1 is 0.933 bits per heavy atom. The van der Waals surface area contributed by atoms with Crippen LogP contribution in [0, 0.1) is 30.2 Å². The Morgan fingerprint density at radius 3 is 1.80 bits per heavy atom. The maximum absolute atomic E-state index is 13.0. The lowest BCUT2D eigenvalue weighted by Crippen LogP contribution is -2.11. The molecule has 0 aliphatic carbocycles. The van der Waals surface area contributed by atoms with E-state index in [4.69, 9.17) is 4.55 Å². The zero-order chi connectivity index (χ0) is 12.0. The van der Waals surface area contributed by atoms with Crippen LogP contribution in [0.3, 0.4) is 0 Å². The van der Waals surface area contributed by atoms with E-state index in [0.29, 0.717) is 6.92 Å². The lowest BCUT2D eigenvalue weighted by Gasteiger charge is -2.06. The molecule has 0 aliphatic rings. The fourth-order valence-electron chi connectivity index (χ4n) is 0.950. The van der Waals surface area contributed by atoms with Crippen LogP contribution in [0.5, 0.6) is 0 Å². The molecular formula is C7H4F4O3S. The molecule has 1 rings (SSSR count). The molecule has 1 aromatic rings. The molecule has 0 amide bonds. The first kappa shape index (κ1) is 11.9. The zero-order valence-electron chi connectivity index (χ0n) is 7.18. The van der Waals surface area contributed by atoms with Gasteiger partial charge in [-0.25, -0.2) is 17.6 Å². The molecule has 0 atom stereocenters. The summed E-state index contributed by atoms with van der Waals surface area (Å²) in [6.07, 6.45) is 0. The van der Waals surface area contributed by atoms with E-state index in [-0.39, 0.29) is 0 Å². The molecule has 0 aromatic heterocycles. The highest BCUT2D eigenvalue weighted by molar-refractivity contribution is 7.85. The number of halogens is 4. The van der Waals surface area contributed by atoms with Gasteiger partial charge in [-0.3, -0.25) is 4.55 Å². The minimum atomic E-state index is -5.28. The van der Waals surface area contributed by atoms with Crippen molar-refractivity contribution in [3.8, 4) is 0 Å². The van der Waals surface area contributed by atoms with E-state index in [1.807, 2.05) is 0 Å². The minimum Gasteiger partial charge on any atom is -0.282 e. The van der Waals surface area contributed by atoms with Crippen molar-refractivity contribution in [1.29, 1.82) is 0 Å². The third-order valence-corrected chi connectivity index (χ3v) is 2.57. The van der Waals surface area contributed by atoms with E-state index in [0.717, 1.165) is 0 Å². The monoisotopic (exact) mass is 244 g/mol. The molecule has 1 N–H and O–H groups in total. The molecule has 15 heavy (non-hydrogen) atoms. The second-order valence-electron chi connectivity index (χ2n) is 2.69. The van der Waals surface area contributed by atoms with Crippen molar-refractivity contribution in [3.63, 3.8) is 0 Å². The van der Waals surface area contributed by atoms with Crippen LogP contribution in [0.4, 0.5) is 17.6 Å². The van der Waals surface area contributed by atoms with E-state index in [1.165, 1.54) is 0 Å². The Bertz CT molecular complexity index is 495. The molecule has 0 radical (unpaired) electrons. The summed E-state index contributed by atoms with van der Waals surface area (Å²) >= 11 is 0. The molecule has 84 valence electrons. The number of hydrogen-bond donors (Lipinski definition) is 1. The Morgan fingerprint density at radius 2 is 1.40 bits per heavy atom. The van der Waals surface area contributed by atoms with E-state index in [9.17, 15) is 26.0 Å². The number of benzene rings is 1. The van der Waals surface area contributed by atoms with Crippen molar-refractivity contribution in [2.24, 2.45) is 0 Å². The SMILES string of the molecule is Cc1c(F)c(F)c(F)c(S(=O)(=O)O)c1F. The van der Waals surface area contributed by atoms with Gasteiger partial charge >= 0.3 is 10.1 Å². The van der Waals surface area contributed by atoms with Crippen molar-refractivity contribution in [2.75, 3.05) is 0 Å². The normalized spacial score (nSPS) is 11.9. The maximum atomic E-state index is 13.0. The second kappa shape index (κ2) is 3.46. The Kier molecular flexibility index (Phi) is 2.75. The average Bonchev–Trinajstić information content (AvgIpc) is 2.09. The van der Waals surface area contributed by atoms with Crippen LogP contribution in [-0.2, 0) is 10.1 Å². The molecule has 0 bridgehead atoms. The van der Waals surface area contributed by atoms with Gasteiger partial charge in [-0.2, -0.15) is 8.42 Å². The largest absolute Gasteiger partial charge is 0.300 e. The lowest BCUT2D eigenvalue weighted by molar-refractivity contribution is 0.395. The summed E-state index contributed by atoms with van der Waals surface area (Å²) in [6.45, 7) is 0.710. The molecule has 0 fully saturated rings. The molecule has 8 heteroatoms. The maximum Gasteiger partial charge on any atom is 0.300 e. The van der Waals surface area contributed by atoms with Gasteiger partial charge in [-0.05, 0) is 6.92 Å². The van der Waals surface area contributed by atoms with Gasteiger partial charge in [0.15, 0.2) is 28.2 Å². The van der Waals surface area contributed by atoms with Gasteiger partial charge in [0.25, 0.3) is 0 Å². The van der Waals surface area contributed by atoms with Crippen LogP contribution in [-0.4, -0.2) is 13.0 Å². The van der Waals surface area contributed by atoms with Gasteiger partial charge in [0.05, 0.1) is 0 Å². The molecule has 0 unspecified atom stereocenters. The van der Waals surface area contributed by atoms with E-state index >= 15 is 0 Å². The van der Waals surface area contributed by atoms with Gasteiger partial charge < -0.3 is 0 Å². The zero-order valence-corrected chi connectivity index (χ0v) is 8.00. The number of rotatable bonds is 1. The Labute approximate surface area is 82.1 Å². The third-order valence-electron chi connectivity index (χ3n) is 1.70. The third kappa shape index (κ3) is 1.82. The van der Waals surface area contributed by atoms with Crippen molar-refractivity contribution < 1.29 is 30.5 Å². The van der Waals surface area contributed by atoms with Crippen LogP contribution in [0.15, 0.2) is 4.90 Å². The standard InChI is InChI=1S/C7H4F4O3S/c1-2-3(8)5(10)6(11)7(4(2)9)15(12,13)14/h1H3,(H,12,13,14). The van der Waals surface area contributed by atoms with Crippen molar-refractivity contribution in [3.05, 3.63) is 28.8 Å².